The van der Waals surface area contributed by atoms with Gasteiger partial charge in [-0.05, 0) is 53.5 Å². The summed E-state index contributed by atoms with van der Waals surface area (Å²) >= 11 is 3.30. The Morgan fingerprint density at radius 3 is 2.85 bits per heavy atom. The standard InChI is InChI=1S/C15H15BrN2O2/c1-3-20-14-6-10(2)4-5-13(14)18-15(19)11-7-12(16)9-17-8-11/h4-9H,3H2,1-2H3,(H,18,19). The van der Waals surface area contributed by atoms with Crippen LogP contribution in [0.15, 0.2) is 41.1 Å². The van der Waals surface area contributed by atoms with Gasteiger partial charge in [-0.1, -0.05) is 6.07 Å². The van der Waals surface area contributed by atoms with Crippen LogP contribution in [0, 0.1) is 6.92 Å². The van der Waals surface area contributed by atoms with Gasteiger partial charge < -0.3 is 10.1 Å². The van der Waals surface area contributed by atoms with Crippen molar-refractivity contribution >= 4 is 27.5 Å². The number of benzene rings is 1. The van der Waals surface area contributed by atoms with Crippen molar-refractivity contribution in [2.45, 2.75) is 13.8 Å². The smallest absolute Gasteiger partial charge is 0.257 e. The molecule has 2 aromatic rings. The first-order valence-electron chi connectivity index (χ1n) is 6.25. The number of aryl methyl sites for hydroxylation is 1. The summed E-state index contributed by atoms with van der Waals surface area (Å²) in [6.07, 6.45) is 3.16. The number of carbonyl (C=O) groups excluding carboxylic acids is 1. The van der Waals surface area contributed by atoms with Crippen molar-refractivity contribution in [1.82, 2.24) is 4.98 Å². The molecule has 20 heavy (non-hydrogen) atoms. The van der Waals surface area contributed by atoms with Crippen molar-refractivity contribution in [1.29, 1.82) is 0 Å². The van der Waals surface area contributed by atoms with E-state index in [-0.39, 0.29) is 5.91 Å². The maximum atomic E-state index is 12.2. The minimum atomic E-state index is -0.219. The van der Waals surface area contributed by atoms with Crippen molar-refractivity contribution in [3.63, 3.8) is 0 Å². The Balaban J connectivity index is 2.23. The first-order valence-corrected chi connectivity index (χ1v) is 7.05. The highest BCUT2D eigenvalue weighted by atomic mass is 79.9. The van der Waals surface area contributed by atoms with Gasteiger partial charge in [-0.3, -0.25) is 9.78 Å². The van der Waals surface area contributed by atoms with Gasteiger partial charge in [-0.25, -0.2) is 0 Å². The molecule has 0 spiro atoms. The second-order valence-electron chi connectivity index (χ2n) is 4.28. The monoisotopic (exact) mass is 334 g/mol. The van der Waals surface area contributed by atoms with E-state index in [0.717, 1.165) is 10.0 Å². The van der Waals surface area contributed by atoms with Gasteiger partial charge in [0, 0.05) is 16.9 Å². The molecule has 1 N–H and O–H groups in total. The van der Waals surface area contributed by atoms with E-state index < -0.39 is 0 Å². The SMILES string of the molecule is CCOc1cc(C)ccc1NC(=O)c1cncc(Br)c1. The fraction of sp³-hybridized carbons (Fsp3) is 0.200. The molecule has 1 aromatic heterocycles. The molecule has 0 atom stereocenters. The minimum Gasteiger partial charge on any atom is -0.492 e. The lowest BCUT2D eigenvalue weighted by Gasteiger charge is -2.12. The van der Waals surface area contributed by atoms with Crippen molar-refractivity contribution in [3.05, 3.63) is 52.3 Å². The molecule has 104 valence electrons. The molecule has 5 heteroatoms. The van der Waals surface area contributed by atoms with Crippen LogP contribution in [0.1, 0.15) is 22.8 Å². The average Bonchev–Trinajstić information content (AvgIpc) is 2.42. The second-order valence-corrected chi connectivity index (χ2v) is 5.19. The van der Waals surface area contributed by atoms with Crippen LogP contribution in [0.5, 0.6) is 5.75 Å². The van der Waals surface area contributed by atoms with Gasteiger partial charge in [0.25, 0.3) is 5.91 Å². The van der Waals surface area contributed by atoms with E-state index in [1.807, 2.05) is 32.0 Å². The number of carbonyl (C=O) groups is 1. The third-order valence-electron chi connectivity index (χ3n) is 2.65. The molecule has 1 aromatic carbocycles. The number of pyridine rings is 1. The fourth-order valence-corrected chi connectivity index (χ4v) is 2.10. The first kappa shape index (κ1) is 14.5. The van der Waals surface area contributed by atoms with E-state index in [2.05, 4.69) is 26.2 Å². The molecule has 0 saturated heterocycles. The van der Waals surface area contributed by atoms with Gasteiger partial charge in [0.2, 0.25) is 0 Å². The molecular weight excluding hydrogens is 320 g/mol. The van der Waals surface area contributed by atoms with Crippen molar-refractivity contribution in [3.8, 4) is 5.75 Å². The largest absolute Gasteiger partial charge is 0.492 e. The summed E-state index contributed by atoms with van der Waals surface area (Å²) < 4.78 is 6.30. The van der Waals surface area contributed by atoms with Gasteiger partial charge in [-0.2, -0.15) is 0 Å². The summed E-state index contributed by atoms with van der Waals surface area (Å²) in [7, 11) is 0. The number of ether oxygens (including phenoxy) is 1. The zero-order valence-corrected chi connectivity index (χ0v) is 12.9. The predicted molar refractivity (Wildman–Crippen MR) is 82.2 cm³/mol. The Hall–Kier alpha value is -1.88. The van der Waals surface area contributed by atoms with E-state index >= 15 is 0 Å². The van der Waals surface area contributed by atoms with Crippen LogP contribution in [0.2, 0.25) is 0 Å². The topological polar surface area (TPSA) is 51.2 Å². The lowest BCUT2D eigenvalue weighted by molar-refractivity contribution is 0.102. The Morgan fingerprint density at radius 1 is 1.35 bits per heavy atom. The minimum absolute atomic E-state index is 0.219. The third-order valence-corrected chi connectivity index (χ3v) is 3.09. The molecule has 0 aliphatic carbocycles. The van der Waals surface area contributed by atoms with Crippen LogP contribution in [0.25, 0.3) is 0 Å². The number of amides is 1. The molecule has 0 radical (unpaired) electrons. The Bertz CT molecular complexity index is 629. The number of nitrogens with zero attached hydrogens (tertiary/aromatic N) is 1. The van der Waals surface area contributed by atoms with E-state index in [4.69, 9.17) is 4.74 Å². The van der Waals surface area contributed by atoms with Gasteiger partial charge in [0.05, 0.1) is 17.9 Å². The summed E-state index contributed by atoms with van der Waals surface area (Å²) in [5, 5.41) is 2.84. The highest BCUT2D eigenvalue weighted by Gasteiger charge is 2.10. The lowest BCUT2D eigenvalue weighted by atomic mass is 10.2. The quantitative estimate of drug-likeness (QED) is 0.925. The number of aromatic nitrogens is 1. The fourth-order valence-electron chi connectivity index (χ4n) is 1.74. The van der Waals surface area contributed by atoms with Crippen LogP contribution in [0.4, 0.5) is 5.69 Å². The molecule has 0 aliphatic heterocycles. The number of rotatable bonds is 4. The molecule has 0 saturated carbocycles. The normalized spacial score (nSPS) is 10.2. The zero-order chi connectivity index (χ0) is 14.5. The van der Waals surface area contributed by atoms with Crippen molar-refractivity contribution in [2.75, 3.05) is 11.9 Å². The summed E-state index contributed by atoms with van der Waals surface area (Å²) in [5.74, 6) is 0.451. The van der Waals surface area contributed by atoms with Crippen LogP contribution in [-0.2, 0) is 0 Å². The Labute approximate surface area is 126 Å². The molecule has 1 heterocycles. The molecule has 1 amide bonds. The number of hydrogen-bond donors (Lipinski definition) is 1. The van der Waals surface area contributed by atoms with Crippen LogP contribution in [0.3, 0.4) is 0 Å². The van der Waals surface area contributed by atoms with E-state index in [9.17, 15) is 4.79 Å². The number of anilines is 1. The van der Waals surface area contributed by atoms with Crippen molar-refractivity contribution < 1.29 is 9.53 Å². The Morgan fingerprint density at radius 2 is 2.15 bits per heavy atom. The highest BCUT2D eigenvalue weighted by Crippen LogP contribution is 2.26. The summed E-state index contributed by atoms with van der Waals surface area (Å²) in [6, 6.07) is 7.39. The molecule has 0 unspecified atom stereocenters. The number of halogens is 1. The summed E-state index contributed by atoms with van der Waals surface area (Å²) in [6.45, 7) is 4.43. The summed E-state index contributed by atoms with van der Waals surface area (Å²) in [5.41, 5.74) is 2.22. The number of hydrogen-bond acceptors (Lipinski definition) is 3. The van der Waals surface area contributed by atoms with Crippen molar-refractivity contribution in [2.24, 2.45) is 0 Å². The van der Waals surface area contributed by atoms with Crippen LogP contribution < -0.4 is 10.1 Å². The van der Waals surface area contributed by atoms with E-state index in [1.54, 1.807) is 12.3 Å². The maximum absolute atomic E-state index is 12.2. The Kier molecular flexibility index (Phi) is 4.74. The molecule has 2 rings (SSSR count). The van der Waals surface area contributed by atoms with E-state index in [1.165, 1.54) is 6.20 Å². The summed E-state index contributed by atoms with van der Waals surface area (Å²) in [4.78, 5) is 16.2. The van der Waals surface area contributed by atoms with Gasteiger partial charge in [-0.15, -0.1) is 0 Å². The first-order chi connectivity index (χ1) is 9.60. The molecule has 0 fully saturated rings. The molecule has 4 nitrogen and oxygen atoms in total. The van der Waals surface area contributed by atoms with Gasteiger partial charge in [0.15, 0.2) is 0 Å². The zero-order valence-electron chi connectivity index (χ0n) is 11.3. The van der Waals surface area contributed by atoms with Gasteiger partial charge in [0.1, 0.15) is 5.75 Å². The van der Waals surface area contributed by atoms with E-state index in [0.29, 0.717) is 23.6 Å². The molecule has 0 aliphatic rings. The van der Waals surface area contributed by atoms with Crippen LogP contribution in [-0.4, -0.2) is 17.5 Å². The average molecular weight is 335 g/mol. The molecule has 0 bridgehead atoms. The van der Waals surface area contributed by atoms with Gasteiger partial charge >= 0.3 is 0 Å². The predicted octanol–water partition coefficient (Wildman–Crippen LogP) is 3.80. The second kappa shape index (κ2) is 6.52. The maximum Gasteiger partial charge on any atom is 0.257 e. The lowest BCUT2D eigenvalue weighted by Crippen LogP contribution is -2.13. The molecular formula is C15H15BrN2O2. The van der Waals surface area contributed by atoms with Crippen LogP contribution >= 0.6 is 15.9 Å². The highest BCUT2D eigenvalue weighted by molar-refractivity contribution is 9.10. The third kappa shape index (κ3) is 3.57. The number of nitrogens with one attached hydrogen (secondary N) is 1.